The molecule has 3 aromatic rings. The van der Waals surface area contributed by atoms with E-state index in [-0.39, 0.29) is 11.8 Å². The fraction of sp³-hybridized carbons (Fsp3) is 0.261. The minimum atomic E-state index is -0.0976. The summed E-state index contributed by atoms with van der Waals surface area (Å²) < 4.78 is 5.76. The number of benzene rings is 2. The Morgan fingerprint density at radius 3 is 2.69 bits per heavy atom. The van der Waals surface area contributed by atoms with Crippen LogP contribution in [0.25, 0.3) is 11.3 Å². The van der Waals surface area contributed by atoms with Crippen LogP contribution < -0.4 is 10.6 Å². The third-order valence-corrected chi connectivity index (χ3v) is 4.73. The van der Waals surface area contributed by atoms with E-state index in [9.17, 15) is 9.59 Å². The molecular weight excluding hydrogens is 366 g/mol. The van der Waals surface area contributed by atoms with Crippen LogP contribution in [0.2, 0.25) is 0 Å². The SMILES string of the molecule is O=C(CCCc1ncc(-c2ccccc2)o1)Nc1cccc(C(=O)NC2CC2)c1. The first-order chi connectivity index (χ1) is 14.2. The number of hydrogen-bond donors (Lipinski definition) is 2. The van der Waals surface area contributed by atoms with Gasteiger partial charge in [-0.3, -0.25) is 9.59 Å². The van der Waals surface area contributed by atoms with Gasteiger partial charge in [-0.1, -0.05) is 36.4 Å². The van der Waals surface area contributed by atoms with Gasteiger partial charge in [0.15, 0.2) is 11.7 Å². The minimum Gasteiger partial charge on any atom is -0.441 e. The van der Waals surface area contributed by atoms with Crippen LogP contribution >= 0.6 is 0 Å². The number of hydrogen-bond acceptors (Lipinski definition) is 4. The highest BCUT2D eigenvalue weighted by Crippen LogP contribution is 2.21. The molecule has 1 fully saturated rings. The van der Waals surface area contributed by atoms with Gasteiger partial charge in [-0.05, 0) is 37.5 Å². The smallest absolute Gasteiger partial charge is 0.251 e. The van der Waals surface area contributed by atoms with Crippen molar-refractivity contribution in [2.75, 3.05) is 5.32 Å². The number of aromatic nitrogens is 1. The zero-order valence-electron chi connectivity index (χ0n) is 16.1. The highest BCUT2D eigenvalue weighted by molar-refractivity contribution is 5.97. The van der Waals surface area contributed by atoms with Crippen LogP contribution in [0, 0.1) is 0 Å². The molecule has 0 radical (unpaired) electrons. The molecule has 2 aromatic carbocycles. The van der Waals surface area contributed by atoms with Gasteiger partial charge in [0.25, 0.3) is 5.91 Å². The van der Waals surface area contributed by atoms with Crippen molar-refractivity contribution in [3.05, 3.63) is 72.2 Å². The predicted octanol–water partition coefficient (Wildman–Crippen LogP) is 4.20. The van der Waals surface area contributed by atoms with Crippen molar-refractivity contribution in [1.29, 1.82) is 0 Å². The maximum Gasteiger partial charge on any atom is 0.251 e. The van der Waals surface area contributed by atoms with Gasteiger partial charge in [-0.2, -0.15) is 0 Å². The lowest BCUT2D eigenvalue weighted by Gasteiger charge is -2.08. The molecule has 6 heteroatoms. The molecule has 0 aliphatic heterocycles. The molecule has 6 nitrogen and oxygen atoms in total. The first-order valence-electron chi connectivity index (χ1n) is 9.88. The van der Waals surface area contributed by atoms with E-state index in [1.807, 2.05) is 30.3 Å². The van der Waals surface area contributed by atoms with Gasteiger partial charge in [-0.15, -0.1) is 0 Å². The summed E-state index contributed by atoms with van der Waals surface area (Å²) >= 11 is 0. The summed E-state index contributed by atoms with van der Waals surface area (Å²) in [7, 11) is 0. The van der Waals surface area contributed by atoms with Crippen molar-refractivity contribution in [3.8, 4) is 11.3 Å². The van der Waals surface area contributed by atoms with Crippen LogP contribution in [-0.4, -0.2) is 22.8 Å². The number of oxazole rings is 1. The number of amides is 2. The lowest BCUT2D eigenvalue weighted by atomic mass is 10.1. The molecule has 0 unspecified atom stereocenters. The Hall–Kier alpha value is -3.41. The summed E-state index contributed by atoms with van der Waals surface area (Å²) in [6.45, 7) is 0. The Kier molecular flexibility index (Phi) is 5.70. The zero-order chi connectivity index (χ0) is 20.1. The molecule has 1 heterocycles. The lowest BCUT2D eigenvalue weighted by molar-refractivity contribution is -0.116. The van der Waals surface area contributed by atoms with E-state index >= 15 is 0 Å². The van der Waals surface area contributed by atoms with E-state index in [0.29, 0.717) is 42.4 Å². The summed E-state index contributed by atoms with van der Waals surface area (Å²) in [6, 6.07) is 17.1. The first kappa shape index (κ1) is 18.9. The average Bonchev–Trinajstić information content (AvgIpc) is 3.43. The van der Waals surface area contributed by atoms with Gasteiger partial charge in [0.05, 0.1) is 6.20 Å². The molecule has 0 spiro atoms. The van der Waals surface area contributed by atoms with Gasteiger partial charge in [0, 0.05) is 35.7 Å². The first-order valence-corrected chi connectivity index (χ1v) is 9.88. The molecule has 0 atom stereocenters. The zero-order valence-corrected chi connectivity index (χ0v) is 16.1. The van der Waals surface area contributed by atoms with Crippen LogP contribution in [0.15, 0.2) is 65.2 Å². The second kappa shape index (κ2) is 8.73. The number of aryl methyl sites for hydroxylation is 1. The quantitative estimate of drug-likeness (QED) is 0.605. The van der Waals surface area contributed by atoms with E-state index in [4.69, 9.17) is 4.42 Å². The molecule has 1 aromatic heterocycles. The summed E-state index contributed by atoms with van der Waals surface area (Å²) in [6.07, 6.45) is 5.36. The molecule has 1 aliphatic rings. The highest BCUT2D eigenvalue weighted by Gasteiger charge is 2.23. The third kappa shape index (κ3) is 5.31. The second-order valence-corrected chi connectivity index (χ2v) is 7.21. The van der Waals surface area contributed by atoms with Crippen molar-refractivity contribution in [2.24, 2.45) is 0 Å². The number of carbonyl (C=O) groups is 2. The van der Waals surface area contributed by atoms with E-state index in [1.54, 1.807) is 30.5 Å². The molecule has 0 saturated heterocycles. The Labute approximate surface area is 169 Å². The number of anilines is 1. The summed E-state index contributed by atoms with van der Waals surface area (Å²) in [5.41, 5.74) is 2.17. The van der Waals surface area contributed by atoms with Crippen LogP contribution in [0.4, 0.5) is 5.69 Å². The number of nitrogens with zero attached hydrogens (tertiary/aromatic N) is 1. The largest absolute Gasteiger partial charge is 0.441 e. The molecule has 1 saturated carbocycles. The summed E-state index contributed by atoms with van der Waals surface area (Å²) in [5, 5.41) is 5.80. The Balaban J connectivity index is 1.25. The lowest BCUT2D eigenvalue weighted by Crippen LogP contribution is -2.25. The van der Waals surface area contributed by atoms with Crippen LogP contribution in [0.3, 0.4) is 0 Å². The topological polar surface area (TPSA) is 84.2 Å². The predicted molar refractivity (Wildman–Crippen MR) is 110 cm³/mol. The monoisotopic (exact) mass is 389 g/mol. The van der Waals surface area contributed by atoms with Crippen molar-refractivity contribution in [3.63, 3.8) is 0 Å². The van der Waals surface area contributed by atoms with E-state index in [0.717, 1.165) is 24.2 Å². The Morgan fingerprint density at radius 2 is 1.90 bits per heavy atom. The molecule has 4 rings (SSSR count). The summed E-state index contributed by atoms with van der Waals surface area (Å²) in [4.78, 5) is 28.7. The second-order valence-electron chi connectivity index (χ2n) is 7.21. The van der Waals surface area contributed by atoms with E-state index in [1.165, 1.54) is 0 Å². The molecule has 29 heavy (non-hydrogen) atoms. The van der Waals surface area contributed by atoms with Crippen molar-refractivity contribution in [2.45, 2.75) is 38.1 Å². The van der Waals surface area contributed by atoms with Gasteiger partial charge in [0.2, 0.25) is 5.91 Å². The van der Waals surface area contributed by atoms with E-state index < -0.39 is 0 Å². The molecule has 1 aliphatic carbocycles. The van der Waals surface area contributed by atoms with Crippen LogP contribution in [0.5, 0.6) is 0 Å². The maximum atomic E-state index is 12.2. The minimum absolute atomic E-state index is 0.0956. The Morgan fingerprint density at radius 1 is 1.07 bits per heavy atom. The number of nitrogens with one attached hydrogen (secondary N) is 2. The van der Waals surface area contributed by atoms with Gasteiger partial charge in [-0.25, -0.2) is 4.98 Å². The molecule has 2 N–H and O–H groups in total. The molecular formula is C23H23N3O3. The maximum absolute atomic E-state index is 12.2. The van der Waals surface area contributed by atoms with E-state index in [2.05, 4.69) is 15.6 Å². The van der Waals surface area contributed by atoms with Crippen LogP contribution in [-0.2, 0) is 11.2 Å². The Bertz CT molecular complexity index is 993. The highest BCUT2D eigenvalue weighted by atomic mass is 16.4. The van der Waals surface area contributed by atoms with Gasteiger partial charge >= 0.3 is 0 Å². The average molecular weight is 389 g/mol. The number of rotatable bonds is 8. The van der Waals surface area contributed by atoms with Crippen molar-refractivity contribution >= 4 is 17.5 Å². The summed E-state index contributed by atoms with van der Waals surface area (Å²) in [5.74, 6) is 1.16. The van der Waals surface area contributed by atoms with Gasteiger partial charge < -0.3 is 15.1 Å². The van der Waals surface area contributed by atoms with Crippen LogP contribution in [0.1, 0.15) is 41.9 Å². The molecule has 0 bridgehead atoms. The standard InChI is InChI=1S/C23H23N3O3/c27-21(25-19-9-4-8-17(14-19)23(28)26-18-12-13-18)10-5-11-22-24-15-20(29-22)16-6-2-1-3-7-16/h1-4,6-9,14-15,18H,5,10-13H2,(H,25,27)(H,26,28). The van der Waals surface area contributed by atoms with Gasteiger partial charge in [0.1, 0.15) is 0 Å². The third-order valence-electron chi connectivity index (χ3n) is 4.73. The fourth-order valence-corrected chi connectivity index (χ4v) is 3.02. The number of carbonyl (C=O) groups excluding carboxylic acids is 2. The molecule has 2 amide bonds. The molecule has 148 valence electrons. The van der Waals surface area contributed by atoms with Crippen molar-refractivity contribution < 1.29 is 14.0 Å². The normalized spacial score (nSPS) is 13.1. The fourth-order valence-electron chi connectivity index (χ4n) is 3.02. The van der Waals surface area contributed by atoms with Crippen molar-refractivity contribution in [1.82, 2.24) is 10.3 Å².